The van der Waals surface area contributed by atoms with Crippen molar-refractivity contribution in [3.63, 3.8) is 0 Å². The number of ether oxygens (including phenoxy) is 1. The number of amides is 1. The average Bonchev–Trinajstić information content (AvgIpc) is 3.37. The minimum Gasteiger partial charge on any atom is -0.487 e. The number of hydrogen-bond donors (Lipinski definition) is 1. The van der Waals surface area contributed by atoms with Gasteiger partial charge in [0.1, 0.15) is 17.4 Å². The first-order valence-electron chi connectivity index (χ1n) is 9.93. The highest BCUT2D eigenvalue weighted by atomic mass is 35.5. The first-order valence-corrected chi connectivity index (χ1v) is 11.6. The highest BCUT2D eigenvalue weighted by molar-refractivity contribution is 7.12. The van der Waals surface area contributed by atoms with Gasteiger partial charge in [0.25, 0.3) is 5.91 Å². The summed E-state index contributed by atoms with van der Waals surface area (Å²) in [4.78, 5) is 13.2. The predicted octanol–water partition coefficient (Wildman–Crippen LogP) is 6.75. The van der Waals surface area contributed by atoms with Gasteiger partial charge in [0, 0.05) is 11.8 Å². The Kier molecular flexibility index (Phi) is 6.84. The van der Waals surface area contributed by atoms with Gasteiger partial charge in [0.15, 0.2) is 5.82 Å². The smallest absolute Gasteiger partial charge is 0.266 e. The number of carbonyl (C=O) groups is 1. The maximum absolute atomic E-state index is 12.7. The van der Waals surface area contributed by atoms with Crippen molar-refractivity contribution in [2.24, 2.45) is 0 Å². The average molecular weight is 486 g/mol. The van der Waals surface area contributed by atoms with Crippen LogP contribution in [0.5, 0.6) is 5.75 Å². The minimum atomic E-state index is -0.266. The molecule has 1 amide bonds. The Morgan fingerprint density at radius 2 is 1.78 bits per heavy atom. The summed E-state index contributed by atoms with van der Waals surface area (Å²) < 4.78 is 7.52. The number of benzene rings is 2. The summed E-state index contributed by atoms with van der Waals surface area (Å²) in [7, 11) is 0. The van der Waals surface area contributed by atoms with Gasteiger partial charge in [-0.05, 0) is 48.6 Å². The summed E-state index contributed by atoms with van der Waals surface area (Å²) in [6.45, 7) is 4.91. The first kappa shape index (κ1) is 22.4. The molecule has 0 fully saturated rings. The number of carbonyl (C=O) groups excluding carboxylic acids is 1. The lowest BCUT2D eigenvalue weighted by Crippen LogP contribution is -2.11. The Balaban J connectivity index is 1.38. The van der Waals surface area contributed by atoms with E-state index in [0.29, 0.717) is 39.6 Å². The number of thiophene rings is 1. The molecule has 2 heterocycles. The number of nitrogens with one attached hydrogen (secondary N) is 1. The van der Waals surface area contributed by atoms with Gasteiger partial charge in [-0.25, -0.2) is 0 Å². The summed E-state index contributed by atoms with van der Waals surface area (Å²) in [5, 5.41) is 10.0. The lowest BCUT2D eigenvalue weighted by atomic mass is 10.1. The Bertz CT molecular complexity index is 1250. The van der Waals surface area contributed by atoms with E-state index < -0.39 is 0 Å². The third kappa shape index (κ3) is 5.51. The van der Waals surface area contributed by atoms with E-state index in [1.807, 2.05) is 55.6 Å². The monoisotopic (exact) mass is 485 g/mol. The molecule has 8 heteroatoms. The molecule has 0 spiro atoms. The molecule has 0 aliphatic heterocycles. The first-order chi connectivity index (χ1) is 15.4. The second-order valence-electron chi connectivity index (χ2n) is 7.50. The molecular weight excluding hydrogens is 465 g/mol. The number of halogens is 2. The van der Waals surface area contributed by atoms with Gasteiger partial charge in [-0.2, -0.15) is 5.10 Å². The van der Waals surface area contributed by atoms with Crippen molar-refractivity contribution < 1.29 is 9.53 Å². The van der Waals surface area contributed by atoms with E-state index in [-0.39, 0.29) is 5.91 Å². The molecule has 0 bridgehead atoms. The Labute approximate surface area is 200 Å². The molecule has 0 aliphatic carbocycles. The van der Waals surface area contributed by atoms with Crippen LogP contribution in [0.1, 0.15) is 31.9 Å². The molecule has 2 aromatic heterocycles. The van der Waals surface area contributed by atoms with Crippen molar-refractivity contribution in [2.75, 3.05) is 5.32 Å². The van der Waals surface area contributed by atoms with Crippen LogP contribution in [0.4, 0.5) is 5.82 Å². The summed E-state index contributed by atoms with van der Waals surface area (Å²) in [5.74, 6) is 0.689. The van der Waals surface area contributed by atoms with Gasteiger partial charge in [0.05, 0.1) is 16.4 Å². The second kappa shape index (κ2) is 9.77. The molecule has 2 aromatic carbocycles. The van der Waals surface area contributed by atoms with Gasteiger partial charge in [0.2, 0.25) is 0 Å². The van der Waals surface area contributed by atoms with Crippen LogP contribution < -0.4 is 10.1 Å². The molecular formula is C24H21Cl2N3O2S. The van der Waals surface area contributed by atoms with E-state index in [1.165, 1.54) is 16.9 Å². The van der Waals surface area contributed by atoms with Crippen LogP contribution in [-0.4, -0.2) is 15.7 Å². The molecule has 0 atom stereocenters. The minimum absolute atomic E-state index is 0.266. The third-order valence-corrected chi connectivity index (χ3v) is 6.34. The molecule has 0 unspecified atom stereocenters. The van der Waals surface area contributed by atoms with Gasteiger partial charge >= 0.3 is 0 Å². The zero-order valence-electron chi connectivity index (χ0n) is 17.6. The number of aryl methyl sites for hydroxylation is 2. The van der Waals surface area contributed by atoms with Crippen molar-refractivity contribution in [3.05, 3.63) is 97.3 Å². The van der Waals surface area contributed by atoms with Crippen LogP contribution in [0.2, 0.25) is 10.0 Å². The molecule has 5 nitrogen and oxygen atoms in total. The quantitative estimate of drug-likeness (QED) is 0.315. The van der Waals surface area contributed by atoms with Crippen LogP contribution >= 0.6 is 34.5 Å². The highest BCUT2D eigenvalue weighted by Crippen LogP contribution is 2.27. The largest absolute Gasteiger partial charge is 0.487 e. The van der Waals surface area contributed by atoms with Crippen molar-refractivity contribution in [1.29, 1.82) is 0 Å². The summed E-state index contributed by atoms with van der Waals surface area (Å²) in [6.07, 6.45) is 1.70. The SMILES string of the molecule is Cc1ccc(Cn2cc(Cl)c(NC(=O)c3cc(COc4cc(C)ccc4Cl)cs3)n2)cc1. The maximum Gasteiger partial charge on any atom is 0.266 e. The number of hydrogen-bond acceptors (Lipinski definition) is 4. The Morgan fingerprint density at radius 1 is 1.03 bits per heavy atom. The highest BCUT2D eigenvalue weighted by Gasteiger charge is 2.15. The molecule has 0 saturated carbocycles. The predicted molar refractivity (Wildman–Crippen MR) is 130 cm³/mol. The molecule has 164 valence electrons. The van der Waals surface area contributed by atoms with Crippen molar-refractivity contribution in [2.45, 2.75) is 27.0 Å². The van der Waals surface area contributed by atoms with E-state index in [1.54, 1.807) is 23.0 Å². The number of nitrogens with zero attached hydrogens (tertiary/aromatic N) is 2. The van der Waals surface area contributed by atoms with Gasteiger partial charge < -0.3 is 10.1 Å². The fourth-order valence-electron chi connectivity index (χ4n) is 3.07. The van der Waals surface area contributed by atoms with Crippen LogP contribution in [-0.2, 0) is 13.2 Å². The lowest BCUT2D eigenvalue weighted by Gasteiger charge is -2.07. The number of rotatable bonds is 7. The van der Waals surface area contributed by atoms with Crippen molar-refractivity contribution >= 4 is 46.3 Å². The lowest BCUT2D eigenvalue weighted by molar-refractivity contribution is 0.103. The van der Waals surface area contributed by atoms with Crippen LogP contribution in [0.3, 0.4) is 0 Å². The molecule has 0 aliphatic rings. The van der Waals surface area contributed by atoms with Crippen molar-refractivity contribution in [3.8, 4) is 5.75 Å². The van der Waals surface area contributed by atoms with Gasteiger partial charge in [-0.1, -0.05) is 59.1 Å². The Hall–Kier alpha value is -2.80. The normalized spacial score (nSPS) is 10.9. The maximum atomic E-state index is 12.7. The van der Waals surface area contributed by atoms with E-state index >= 15 is 0 Å². The zero-order valence-corrected chi connectivity index (χ0v) is 19.9. The molecule has 32 heavy (non-hydrogen) atoms. The van der Waals surface area contributed by atoms with Crippen molar-refractivity contribution in [1.82, 2.24) is 9.78 Å². The third-order valence-electron chi connectivity index (χ3n) is 4.77. The van der Waals surface area contributed by atoms with Gasteiger partial charge in [-0.15, -0.1) is 11.3 Å². The summed E-state index contributed by atoms with van der Waals surface area (Å²) in [6, 6.07) is 15.6. The summed E-state index contributed by atoms with van der Waals surface area (Å²) in [5.41, 5.74) is 4.24. The zero-order chi connectivity index (χ0) is 22.7. The molecule has 4 rings (SSSR count). The van der Waals surface area contributed by atoms with E-state index in [2.05, 4.69) is 10.4 Å². The molecule has 1 N–H and O–H groups in total. The Morgan fingerprint density at radius 3 is 2.56 bits per heavy atom. The van der Waals surface area contributed by atoms with Crippen LogP contribution in [0.15, 0.2) is 60.1 Å². The number of aromatic nitrogens is 2. The van der Waals surface area contributed by atoms with E-state index in [0.717, 1.165) is 16.7 Å². The topological polar surface area (TPSA) is 56.2 Å². The standard InChI is InChI=1S/C24H21Cl2N3O2S/c1-15-3-6-17(7-4-15)11-29-12-20(26)23(28-29)27-24(30)22-10-18(14-32-22)13-31-21-9-16(2)5-8-19(21)25/h3-10,12,14H,11,13H2,1-2H3,(H,27,28,30). The van der Waals surface area contributed by atoms with E-state index in [4.69, 9.17) is 27.9 Å². The van der Waals surface area contributed by atoms with Crippen LogP contribution in [0.25, 0.3) is 0 Å². The van der Waals surface area contributed by atoms with Crippen LogP contribution in [0, 0.1) is 13.8 Å². The van der Waals surface area contributed by atoms with Gasteiger partial charge in [-0.3, -0.25) is 9.48 Å². The second-order valence-corrected chi connectivity index (χ2v) is 9.23. The number of anilines is 1. The van der Waals surface area contributed by atoms with E-state index in [9.17, 15) is 4.79 Å². The molecule has 0 saturated heterocycles. The fraction of sp³-hybridized carbons (Fsp3) is 0.167. The summed E-state index contributed by atoms with van der Waals surface area (Å²) >= 11 is 13.8. The molecule has 4 aromatic rings. The fourth-order valence-corrected chi connectivity index (χ4v) is 4.23. The molecule has 0 radical (unpaired) electrons.